The van der Waals surface area contributed by atoms with E-state index >= 15 is 0 Å². The van der Waals surface area contributed by atoms with E-state index in [1.54, 1.807) is 4.90 Å². The molecule has 0 aromatic heterocycles. The monoisotopic (exact) mass is 483 g/mol. The Morgan fingerprint density at radius 3 is 2.54 bits per heavy atom. The molecular weight excluding hydrogens is 450 g/mol. The van der Waals surface area contributed by atoms with E-state index in [2.05, 4.69) is 5.32 Å². The van der Waals surface area contributed by atoms with Gasteiger partial charge in [-0.1, -0.05) is 44.0 Å². The maximum Gasteiger partial charge on any atom is 0.311 e. The molecule has 0 spiro atoms. The number of methoxy groups -OCH3 is 1. The minimum Gasteiger partial charge on any atom is -0.490 e. The van der Waals surface area contributed by atoms with Crippen LogP contribution < -0.4 is 14.8 Å². The molecule has 9 heteroatoms. The highest BCUT2D eigenvalue weighted by Crippen LogP contribution is 2.31. The second-order valence-electron chi connectivity index (χ2n) is 8.74. The molecule has 1 fully saturated rings. The van der Waals surface area contributed by atoms with Crippen molar-refractivity contribution in [3.63, 3.8) is 0 Å². The lowest BCUT2D eigenvalue weighted by atomic mass is 10.1. The summed E-state index contributed by atoms with van der Waals surface area (Å²) in [7, 11) is 1.33. The Balaban J connectivity index is 1.79. The zero-order chi connectivity index (χ0) is 25.4. The molecule has 1 unspecified atom stereocenters. The van der Waals surface area contributed by atoms with Gasteiger partial charge in [-0.2, -0.15) is 0 Å². The number of carbonyl (C=O) groups is 2. The molecule has 1 aliphatic carbocycles. The summed E-state index contributed by atoms with van der Waals surface area (Å²) in [5, 5.41) is 14.2. The van der Waals surface area contributed by atoms with Gasteiger partial charge < -0.3 is 19.7 Å². The van der Waals surface area contributed by atoms with Crippen LogP contribution in [-0.4, -0.2) is 47.4 Å². The molecule has 0 heterocycles. The van der Waals surface area contributed by atoms with Crippen LogP contribution in [0.3, 0.4) is 0 Å². The molecule has 0 radical (unpaired) electrons. The van der Waals surface area contributed by atoms with Gasteiger partial charge in [-0.25, -0.2) is 0 Å². The lowest BCUT2D eigenvalue weighted by Crippen LogP contribution is -2.52. The highest BCUT2D eigenvalue weighted by Gasteiger charge is 2.31. The Kier molecular flexibility index (Phi) is 9.05. The molecule has 1 N–H and O–H groups in total. The van der Waals surface area contributed by atoms with Crippen LogP contribution in [0.25, 0.3) is 0 Å². The Hall–Kier alpha value is -3.62. The lowest BCUT2D eigenvalue weighted by Gasteiger charge is -2.32. The minimum absolute atomic E-state index is 0.0408. The van der Waals surface area contributed by atoms with Crippen molar-refractivity contribution in [2.45, 2.75) is 64.6 Å². The number of aryl methyl sites for hydroxylation is 1. The summed E-state index contributed by atoms with van der Waals surface area (Å²) >= 11 is 0. The van der Waals surface area contributed by atoms with Crippen LogP contribution in [0, 0.1) is 17.0 Å². The molecule has 35 heavy (non-hydrogen) atoms. The third kappa shape index (κ3) is 6.71. The van der Waals surface area contributed by atoms with Crippen LogP contribution in [0.15, 0.2) is 42.5 Å². The van der Waals surface area contributed by atoms with Crippen LogP contribution in [0.5, 0.6) is 11.5 Å². The van der Waals surface area contributed by atoms with Crippen molar-refractivity contribution in [1.29, 1.82) is 0 Å². The van der Waals surface area contributed by atoms with Crippen LogP contribution in [0.2, 0.25) is 0 Å². The SMILES string of the molecule is CCC(C(=O)NC1CCCC1)N(Cc1ccccc1C)C(=O)COc1ccc([N+](=O)[O-])c(OC)c1. The third-order valence-electron chi connectivity index (χ3n) is 6.40. The highest BCUT2D eigenvalue weighted by atomic mass is 16.6. The van der Waals surface area contributed by atoms with Crippen LogP contribution in [0.1, 0.15) is 50.2 Å². The van der Waals surface area contributed by atoms with Crippen LogP contribution in [-0.2, 0) is 16.1 Å². The molecule has 0 aliphatic heterocycles. The highest BCUT2D eigenvalue weighted by molar-refractivity contribution is 5.88. The van der Waals surface area contributed by atoms with Gasteiger partial charge in [-0.3, -0.25) is 19.7 Å². The van der Waals surface area contributed by atoms with E-state index < -0.39 is 11.0 Å². The second kappa shape index (κ2) is 12.2. The van der Waals surface area contributed by atoms with Gasteiger partial charge >= 0.3 is 5.69 Å². The number of nitro groups is 1. The summed E-state index contributed by atoms with van der Waals surface area (Å²) in [5.74, 6) is -0.198. The van der Waals surface area contributed by atoms with Gasteiger partial charge in [-0.05, 0) is 43.4 Å². The Labute approximate surface area is 205 Å². The number of hydrogen-bond acceptors (Lipinski definition) is 6. The number of carbonyl (C=O) groups excluding carboxylic acids is 2. The van der Waals surface area contributed by atoms with Gasteiger partial charge in [0.1, 0.15) is 11.8 Å². The number of hydrogen-bond donors (Lipinski definition) is 1. The van der Waals surface area contributed by atoms with Crippen molar-refractivity contribution in [2.24, 2.45) is 0 Å². The Bertz CT molecular complexity index is 1050. The lowest BCUT2D eigenvalue weighted by molar-refractivity contribution is -0.385. The molecule has 0 bridgehead atoms. The van der Waals surface area contributed by atoms with Gasteiger partial charge in [0.25, 0.3) is 5.91 Å². The normalized spacial score (nSPS) is 14.3. The Morgan fingerprint density at radius 2 is 1.91 bits per heavy atom. The second-order valence-corrected chi connectivity index (χ2v) is 8.74. The number of nitrogens with one attached hydrogen (secondary N) is 1. The summed E-state index contributed by atoms with van der Waals surface area (Å²) in [5.41, 5.74) is 1.78. The van der Waals surface area contributed by atoms with Gasteiger partial charge in [0, 0.05) is 24.7 Å². The van der Waals surface area contributed by atoms with E-state index in [0.717, 1.165) is 36.8 Å². The summed E-state index contributed by atoms with van der Waals surface area (Å²) in [6, 6.07) is 11.3. The van der Waals surface area contributed by atoms with Crippen molar-refractivity contribution < 1.29 is 24.0 Å². The van der Waals surface area contributed by atoms with Crippen LogP contribution >= 0.6 is 0 Å². The number of benzene rings is 2. The first-order chi connectivity index (χ1) is 16.8. The summed E-state index contributed by atoms with van der Waals surface area (Å²) in [4.78, 5) is 38.7. The van der Waals surface area contributed by atoms with E-state index in [1.807, 2.05) is 38.1 Å². The smallest absolute Gasteiger partial charge is 0.311 e. The first kappa shape index (κ1) is 26.0. The first-order valence-electron chi connectivity index (χ1n) is 11.9. The van der Waals surface area contributed by atoms with Gasteiger partial charge in [0.15, 0.2) is 6.61 Å². The number of nitrogens with zero attached hydrogens (tertiary/aromatic N) is 2. The average molecular weight is 484 g/mol. The quantitative estimate of drug-likeness (QED) is 0.380. The molecule has 1 aliphatic rings. The predicted molar refractivity (Wildman–Crippen MR) is 131 cm³/mol. The molecular formula is C26H33N3O6. The number of amides is 2. The molecule has 2 aromatic carbocycles. The molecule has 0 saturated heterocycles. The fourth-order valence-corrected chi connectivity index (χ4v) is 4.38. The van der Waals surface area contributed by atoms with E-state index in [-0.39, 0.29) is 48.2 Å². The van der Waals surface area contributed by atoms with Crippen molar-refractivity contribution in [3.05, 3.63) is 63.7 Å². The topological polar surface area (TPSA) is 111 Å². The summed E-state index contributed by atoms with van der Waals surface area (Å²) in [6.45, 7) is 3.81. The molecule has 1 atom stereocenters. The first-order valence-corrected chi connectivity index (χ1v) is 11.9. The number of rotatable bonds is 11. The average Bonchev–Trinajstić information content (AvgIpc) is 3.36. The number of ether oxygens (including phenoxy) is 2. The summed E-state index contributed by atoms with van der Waals surface area (Å²) < 4.78 is 10.8. The fraction of sp³-hybridized carbons (Fsp3) is 0.462. The van der Waals surface area contributed by atoms with E-state index in [0.29, 0.717) is 6.42 Å². The maximum absolute atomic E-state index is 13.4. The standard InChI is InChI=1S/C26H33N3O6/c1-4-22(26(31)27-20-11-7-8-12-20)28(16-19-10-6-5-9-18(19)2)25(30)17-35-21-13-14-23(29(32)33)24(15-21)34-3/h5-6,9-10,13-15,20,22H,4,7-8,11-12,16-17H2,1-3H3,(H,27,31). The minimum atomic E-state index is -0.641. The molecule has 188 valence electrons. The molecule has 3 rings (SSSR count). The van der Waals surface area contributed by atoms with Gasteiger partial charge in [0.2, 0.25) is 11.7 Å². The molecule has 1 saturated carbocycles. The molecule has 2 aromatic rings. The molecule has 9 nitrogen and oxygen atoms in total. The van der Waals surface area contributed by atoms with Crippen molar-refractivity contribution in [2.75, 3.05) is 13.7 Å². The van der Waals surface area contributed by atoms with E-state index in [4.69, 9.17) is 9.47 Å². The van der Waals surface area contributed by atoms with Crippen molar-refractivity contribution in [3.8, 4) is 11.5 Å². The largest absolute Gasteiger partial charge is 0.490 e. The maximum atomic E-state index is 13.4. The zero-order valence-electron chi connectivity index (χ0n) is 20.5. The predicted octanol–water partition coefficient (Wildman–Crippen LogP) is 4.16. The molecule has 2 amide bonds. The summed E-state index contributed by atoms with van der Waals surface area (Å²) in [6.07, 6.45) is 4.57. The van der Waals surface area contributed by atoms with Gasteiger partial charge in [0.05, 0.1) is 12.0 Å². The van der Waals surface area contributed by atoms with Gasteiger partial charge in [-0.15, -0.1) is 0 Å². The van der Waals surface area contributed by atoms with Crippen LogP contribution in [0.4, 0.5) is 5.69 Å². The van der Waals surface area contributed by atoms with E-state index in [9.17, 15) is 19.7 Å². The zero-order valence-corrected chi connectivity index (χ0v) is 20.5. The third-order valence-corrected chi connectivity index (χ3v) is 6.40. The van der Waals surface area contributed by atoms with Crippen molar-refractivity contribution >= 4 is 17.5 Å². The fourth-order valence-electron chi connectivity index (χ4n) is 4.38. The van der Waals surface area contributed by atoms with E-state index in [1.165, 1.54) is 25.3 Å². The number of nitro benzene ring substituents is 1. The van der Waals surface area contributed by atoms with Crippen molar-refractivity contribution in [1.82, 2.24) is 10.2 Å². The Morgan fingerprint density at radius 1 is 1.20 bits per heavy atom.